The van der Waals surface area contributed by atoms with Gasteiger partial charge in [0.1, 0.15) is 11.5 Å². The Bertz CT molecular complexity index is 2180. The van der Waals surface area contributed by atoms with E-state index in [1.54, 1.807) is 46.4 Å². The number of likely N-dealkylation sites (tertiary alicyclic amines) is 4. The van der Waals surface area contributed by atoms with Crippen molar-refractivity contribution in [1.29, 1.82) is 0 Å². The molecular formula is C42H46FN7O4. The third kappa shape index (κ3) is 5.64. The minimum atomic E-state index is -0.376. The second-order valence-electron chi connectivity index (χ2n) is 16.3. The summed E-state index contributed by atoms with van der Waals surface area (Å²) in [6.45, 7) is 12.9. The Morgan fingerprint density at radius 2 is 1.39 bits per heavy atom. The van der Waals surface area contributed by atoms with Crippen molar-refractivity contribution < 1.29 is 23.5 Å². The number of methoxy groups -OCH3 is 2. The van der Waals surface area contributed by atoms with Crippen LogP contribution in [0.5, 0.6) is 11.8 Å². The molecule has 4 saturated heterocycles. The summed E-state index contributed by atoms with van der Waals surface area (Å²) in [5.74, 6) is 0.936. The van der Waals surface area contributed by atoms with Gasteiger partial charge in [0.25, 0.3) is 0 Å². The van der Waals surface area contributed by atoms with Gasteiger partial charge in [0, 0.05) is 112 Å². The Labute approximate surface area is 315 Å². The largest absolute Gasteiger partial charge is 0.481 e. The molecule has 2 amide bonds. The SMILES string of the molecule is COc1nc(-c2cccc(-c3cccc(-c4cc5c(c(OC)n4)C(N4CC6(CN(C(C)=O)C6)C4)CC5)c3C)c2F)cnc1CN1CC2(C1)CN(C(C)=O)C2. The smallest absolute Gasteiger partial charge is 0.237 e. The van der Waals surface area contributed by atoms with Gasteiger partial charge in [0.2, 0.25) is 23.6 Å². The maximum atomic E-state index is 16.6. The average Bonchev–Trinajstić information content (AvgIpc) is 3.51. The molecule has 1 aliphatic carbocycles. The van der Waals surface area contributed by atoms with Gasteiger partial charge in [-0.1, -0.05) is 30.3 Å². The van der Waals surface area contributed by atoms with Crippen LogP contribution in [0.15, 0.2) is 48.7 Å². The molecule has 2 aromatic carbocycles. The lowest BCUT2D eigenvalue weighted by Crippen LogP contribution is -2.72. The Hall–Kier alpha value is -4.94. The number of aryl methyl sites for hydroxylation is 1. The third-order valence-corrected chi connectivity index (χ3v) is 12.5. The van der Waals surface area contributed by atoms with Gasteiger partial charge in [-0.2, -0.15) is 0 Å². The van der Waals surface area contributed by atoms with E-state index in [1.165, 1.54) is 11.1 Å². The first-order chi connectivity index (χ1) is 26.0. The molecule has 1 atom stereocenters. The van der Waals surface area contributed by atoms with Crippen LogP contribution in [0.1, 0.15) is 48.7 Å². The van der Waals surface area contributed by atoms with Crippen LogP contribution in [-0.4, -0.2) is 113 Å². The van der Waals surface area contributed by atoms with Crippen molar-refractivity contribution >= 4 is 11.8 Å². The monoisotopic (exact) mass is 731 g/mol. The molecule has 54 heavy (non-hydrogen) atoms. The number of fused-ring (bicyclic) bond motifs is 1. The van der Waals surface area contributed by atoms with Crippen LogP contribution < -0.4 is 9.47 Å². The second kappa shape index (κ2) is 12.8. The molecule has 12 heteroatoms. The van der Waals surface area contributed by atoms with Crippen molar-refractivity contribution in [1.82, 2.24) is 34.6 Å². The van der Waals surface area contributed by atoms with Crippen molar-refractivity contribution in [3.63, 3.8) is 0 Å². The topological polar surface area (TPSA) is 104 Å². The molecule has 4 fully saturated rings. The summed E-state index contributed by atoms with van der Waals surface area (Å²) in [6.07, 6.45) is 3.57. The predicted molar refractivity (Wildman–Crippen MR) is 201 cm³/mol. The Kier molecular flexibility index (Phi) is 8.27. The summed E-state index contributed by atoms with van der Waals surface area (Å²) in [6, 6.07) is 13.8. The number of rotatable bonds is 8. The van der Waals surface area contributed by atoms with Crippen LogP contribution in [0.2, 0.25) is 0 Å². The van der Waals surface area contributed by atoms with Crippen molar-refractivity contribution in [3.05, 3.63) is 76.9 Å². The molecule has 2 spiro atoms. The summed E-state index contributed by atoms with van der Waals surface area (Å²) >= 11 is 0. The van der Waals surface area contributed by atoms with Gasteiger partial charge in [0.05, 0.1) is 31.8 Å². The van der Waals surface area contributed by atoms with E-state index in [0.717, 1.165) is 87.6 Å². The first-order valence-electron chi connectivity index (χ1n) is 18.8. The molecule has 280 valence electrons. The standard InChI is InChI=1S/C42H46FN7O4/c1-25-29(8-6-9-30(25)33-14-28-12-13-36(37(28)40(45-33)54-5)50-23-42(24-50)21-49(22-42)27(3)52)31-10-7-11-32(38(31)43)34-15-44-35(39(46-34)53-4)16-47-17-41(18-47)19-48(20-41)26(2)51/h6-11,14-15,36H,12-13,16-24H2,1-5H3. The quantitative estimate of drug-likeness (QED) is 0.244. The van der Waals surface area contributed by atoms with E-state index in [1.807, 2.05) is 41.0 Å². The number of ether oxygens (including phenoxy) is 2. The number of halogens is 1. The van der Waals surface area contributed by atoms with Gasteiger partial charge >= 0.3 is 0 Å². The van der Waals surface area contributed by atoms with Crippen molar-refractivity contribution in [2.24, 2.45) is 10.8 Å². The van der Waals surface area contributed by atoms with Crippen LogP contribution in [0.3, 0.4) is 0 Å². The molecule has 11 nitrogen and oxygen atoms in total. The summed E-state index contributed by atoms with van der Waals surface area (Å²) in [7, 11) is 3.25. The number of nitrogens with zero attached hydrogens (tertiary/aromatic N) is 7. The molecule has 1 unspecified atom stereocenters. The number of carbonyl (C=O) groups excluding carboxylic acids is 2. The van der Waals surface area contributed by atoms with Gasteiger partial charge in [-0.25, -0.2) is 14.4 Å². The molecule has 5 aliphatic rings. The summed E-state index contributed by atoms with van der Waals surface area (Å²) < 4.78 is 28.2. The second-order valence-corrected chi connectivity index (χ2v) is 16.3. The van der Waals surface area contributed by atoms with Crippen LogP contribution in [-0.2, 0) is 22.6 Å². The molecule has 0 bridgehead atoms. The highest BCUT2D eigenvalue weighted by Crippen LogP contribution is 2.50. The fourth-order valence-electron chi connectivity index (χ4n) is 9.82. The highest BCUT2D eigenvalue weighted by atomic mass is 19.1. The van der Waals surface area contributed by atoms with Crippen LogP contribution in [0.4, 0.5) is 4.39 Å². The molecule has 9 rings (SSSR count). The van der Waals surface area contributed by atoms with E-state index in [-0.39, 0.29) is 34.5 Å². The Morgan fingerprint density at radius 3 is 2.04 bits per heavy atom. The number of pyridine rings is 1. The Balaban J connectivity index is 0.943. The van der Waals surface area contributed by atoms with E-state index < -0.39 is 0 Å². The summed E-state index contributed by atoms with van der Waals surface area (Å²) in [4.78, 5) is 46.5. The zero-order valence-electron chi connectivity index (χ0n) is 31.6. The molecule has 0 N–H and O–H groups in total. The molecular weight excluding hydrogens is 686 g/mol. The third-order valence-electron chi connectivity index (χ3n) is 12.5. The fourth-order valence-corrected chi connectivity index (χ4v) is 9.82. The first-order valence-corrected chi connectivity index (χ1v) is 18.8. The maximum Gasteiger partial charge on any atom is 0.237 e. The zero-order valence-corrected chi connectivity index (χ0v) is 31.6. The van der Waals surface area contributed by atoms with E-state index in [9.17, 15) is 9.59 Å². The number of carbonyl (C=O) groups is 2. The van der Waals surface area contributed by atoms with Crippen molar-refractivity contribution in [3.8, 4) is 45.4 Å². The van der Waals surface area contributed by atoms with E-state index in [4.69, 9.17) is 24.4 Å². The molecule has 6 heterocycles. The number of hydrogen-bond acceptors (Lipinski definition) is 9. The van der Waals surface area contributed by atoms with Crippen LogP contribution in [0, 0.1) is 23.6 Å². The zero-order chi connectivity index (χ0) is 37.5. The van der Waals surface area contributed by atoms with E-state index in [2.05, 4.69) is 15.9 Å². The number of benzene rings is 2. The predicted octanol–water partition coefficient (Wildman–Crippen LogP) is 5.15. The van der Waals surface area contributed by atoms with Crippen LogP contribution in [0.25, 0.3) is 33.6 Å². The van der Waals surface area contributed by atoms with E-state index >= 15 is 4.39 Å². The van der Waals surface area contributed by atoms with Gasteiger partial charge in [0.15, 0.2) is 0 Å². The number of hydrogen-bond donors (Lipinski definition) is 0. The summed E-state index contributed by atoms with van der Waals surface area (Å²) in [5, 5.41) is 0. The van der Waals surface area contributed by atoms with E-state index in [0.29, 0.717) is 40.8 Å². The number of amides is 2. The average molecular weight is 732 g/mol. The molecule has 4 aromatic rings. The lowest BCUT2D eigenvalue weighted by Gasteiger charge is -2.61. The fraction of sp³-hybridized carbons (Fsp3) is 0.452. The van der Waals surface area contributed by atoms with Gasteiger partial charge in [-0.05, 0) is 48.6 Å². The summed E-state index contributed by atoms with van der Waals surface area (Å²) in [5.41, 5.74) is 8.20. The number of aromatic nitrogens is 3. The van der Waals surface area contributed by atoms with Crippen LogP contribution >= 0.6 is 0 Å². The van der Waals surface area contributed by atoms with Gasteiger partial charge in [-0.15, -0.1) is 0 Å². The van der Waals surface area contributed by atoms with Crippen molar-refractivity contribution in [2.75, 3.05) is 66.6 Å². The highest BCUT2D eigenvalue weighted by Gasteiger charge is 2.55. The minimum absolute atomic E-state index is 0.127. The maximum absolute atomic E-state index is 16.6. The van der Waals surface area contributed by atoms with Gasteiger partial charge < -0.3 is 19.3 Å². The minimum Gasteiger partial charge on any atom is -0.481 e. The molecule has 2 aromatic heterocycles. The molecule has 4 aliphatic heterocycles. The lowest BCUT2D eigenvalue weighted by molar-refractivity contribution is -0.161. The molecule has 0 radical (unpaired) electrons. The van der Waals surface area contributed by atoms with Gasteiger partial charge in [-0.3, -0.25) is 24.4 Å². The Morgan fingerprint density at radius 1 is 0.796 bits per heavy atom. The molecule has 0 saturated carbocycles. The lowest BCUT2D eigenvalue weighted by atomic mass is 9.72. The van der Waals surface area contributed by atoms with Crippen molar-refractivity contribution in [2.45, 2.75) is 46.2 Å². The first kappa shape index (κ1) is 34.8. The highest BCUT2D eigenvalue weighted by molar-refractivity contribution is 5.80. The normalized spacial score (nSPS) is 20.9.